The zero-order valence-corrected chi connectivity index (χ0v) is 12.2. The summed E-state index contributed by atoms with van der Waals surface area (Å²) < 4.78 is 1.87. The number of benzene rings is 1. The smallest absolute Gasteiger partial charge is 0.0764 e. The summed E-state index contributed by atoms with van der Waals surface area (Å²) in [6.07, 6.45) is 2.01. The summed E-state index contributed by atoms with van der Waals surface area (Å²) in [7, 11) is 1.97. The maximum Gasteiger partial charge on any atom is 0.0764 e. The van der Waals surface area contributed by atoms with Crippen LogP contribution in [0.1, 0.15) is 24.2 Å². The third kappa shape index (κ3) is 2.92. The van der Waals surface area contributed by atoms with Crippen molar-refractivity contribution in [2.75, 3.05) is 13.1 Å². The molecule has 1 fully saturated rings. The minimum atomic E-state index is 0.425. The van der Waals surface area contributed by atoms with Gasteiger partial charge in [0.2, 0.25) is 0 Å². The highest BCUT2D eigenvalue weighted by Gasteiger charge is 2.27. The van der Waals surface area contributed by atoms with Crippen molar-refractivity contribution in [1.29, 1.82) is 0 Å². The van der Waals surface area contributed by atoms with Gasteiger partial charge < -0.3 is 5.32 Å². The molecule has 3 rings (SSSR count). The monoisotopic (exact) mass is 270 g/mol. The number of nitrogens with zero attached hydrogens (tertiary/aromatic N) is 3. The molecule has 0 saturated carbocycles. The van der Waals surface area contributed by atoms with E-state index in [0.29, 0.717) is 12.1 Å². The molecular weight excluding hydrogens is 248 g/mol. The molecule has 0 radical (unpaired) electrons. The van der Waals surface area contributed by atoms with E-state index >= 15 is 0 Å². The quantitative estimate of drug-likeness (QED) is 0.925. The van der Waals surface area contributed by atoms with Crippen molar-refractivity contribution in [2.24, 2.45) is 7.05 Å². The summed E-state index contributed by atoms with van der Waals surface area (Å²) in [5, 5.41) is 8.10. The first-order valence-electron chi connectivity index (χ1n) is 7.23. The Bertz CT molecular complexity index is 549. The molecule has 2 aromatic rings. The molecular formula is C16H22N4. The standard InChI is InChI=1S/C16H22N4/c1-13-11-20(12-15-8-9-19(2)18-15)16(10-17-13)14-6-4-3-5-7-14/h3-9,13,16-17H,10-12H2,1-2H3. The Morgan fingerprint density at radius 2 is 2.05 bits per heavy atom. The van der Waals surface area contributed by atoms with E-state index in [1.54, 1.807) is 0 Å². The molecule has 20 heavy (non-hydrogen) atoms. The molecule has 4 nitrogen and oxygen atoms in total. The third-order valence-corrected chi connectivity index (χ3v) is 3.93. The Labute approximate surface area is 120 Å². The van der Waals surface area contributed by atoms with Crippen molar-refractivity contribution in [3.8, 4) is 0 Å². The van der Waals surface area contributed by atoms with Crippen LogP contribution in [-0.4, -0.2) is 33.8 Å². The molecule has 4 heteroatoms. The fourth-order valence-electron chi connectivity index (χ4n) is 2.92. The van der Waals surface area contributed by atoms with E-state index in [1.165, 1.54) is 5.56 Å². The highest BCUT2D eigenvalue weighted by Crippen LogP contribution is 2.24. The molecule has 2 heterocycles. The van der Waals surface area contributed by atoms with Crippen LogP contribution in [0.15, 0.2) is 42.6 Å². The Morgan fingerprint density at radius 1 is 1.25 bits per heavy atom. The highest BCUT2D eigenvalue weighted by molar-refractivity contribution is 5.20. The van der Waals surface area contributed by atoms with Gasteiger partial charge in [0.25, 0.3) is 0 Å². The number of aromatic nitrogens is 2. The summed E-state index contributed by atoms with van der Waals surface area (Å²) in [5.41, 5.74) is 2.52. The summed E-state index contributed by atoms with van der Waals surface area (Å²) in [6.45, 7) is 5.20. The lowest BCUT2D eigenvalue weighted by molar-refractivity contribution is 0.126. The maximum atomic E-state index is 4.51. The maximum absolute atomic E-state index is 4.51. The Kier molecular flexibility index (Phi) is 3.85. The number of rotatable bonds is 3. The van der Waals surface area contributed by atoms with Gasteiger partial charge in [-0.05, 0) is 18.6 Å². The van der Waals surface area contributed by atoms with E-state index in [2.05, 4.69) is 58.6 Å². The molecule has 1 aliphatic rings. The van der Waals surface area contributed by atoms with Crippen LogP contribution in [0.5, 0.6) is 0 Å². The van der Waals surface area contributed by atoms with Gasteiger partial charge in [-0.3, -0.25) is 9.58 Å². The molecule has 2 unspecified atom stereocenters. The summed E-state index contributed by atoms with van der Waals surface area (Å²) in [5.74, 6) is 0. The number of piperazine rings is 1. The first-order valence-corrected chi connectivity index (χ1v) is 7.23. The Hall–Kier alpha value is -1.65. The van der Waals surface area contributed by atoms with E-state index < -0.39 is 0 Å². The van der Waals surface area contributed by atoms with Gasteiger partial charge in [0.15, 0.2) is 0 Å². The van der Waals surface area contributed by atoms with Crippen LogP contribution >= 0.6 is 0 Å². The third-order valence-electron chi connectivity index (χ3n) is 3.93. The molecule has 1 saturated heterocycles. The van der Waals surface area contributed by atoms with Gasteiger partial charge in [-0.15, -0.1) is 0 Å². The normalized spacial score (nSPS) is 23.9. The second-order valence-electron chi connectivity index (χ2n) is 5.65. The topological polar surface area (TPSA) is 33.1 Å². The predicted octanol–water partition coefficient (Wildman–Crippen LogP) is 1.96. The summed E-state index contributed by atoms with van der Waals surface area (Å²) >= 11 is 0. The fourth-order valence-corrected chi connectivity index (χ4v) is 2.92. The van der Waals surface area contributed by atoms with E-state index in [0.717, 1.165) is 25.3 Å². The summed E-state index contributed by atoms with van der Waals surface area (Å²) in [4.78, 5) is 2.53. The van der Waals surface area contributed by atoms with Gasteiger partial charge in [-0.2, -0.15) is 5.10 Å². The van der Waals surface area contributed by atoms with Crippen LogP contribution in [-0.2, 0) is 13.6 Å². The molecule has 0 amide bonds. The van der Waals surface area contributed by atoms with Crippen molar-refractivity contribution in [2.45, 2.75) is 25.6 Å². The van der Waals surface area contributed by atoms with Crippen molar-refractivity contribution >= 4 is 0 Å². The zero-order chi connectivity index (χ0) is 13.9. The summed E-state index contributed by atoms with van der Waals surface area (Å²) in [6, 6.07) is 13.8. The van der Waals surface area contributed by atoms with Gasteiger partial charge in [0, 0.05) is 45.0 Å². The number of hydrogen-bond donors (Lipinski definition) is 1. The molecule has 0 spiro atoms. The van der Waals surface area contributed by atoms with Gasteiger partial charge in [-0.25, -0.2) is 0 Å². The molecule has 1 aliphatic heterocycles. The number of nitrogens with one attached hydrogen (secondary N) is 1. The van der Waals surface area contributed by atoms with Crippen molar-refractivity contribution < 1.29 is 0 Å². The van der Waals surface area contributed by atoms with E-state index in [4.69, 9.17) is 0 Å². The molecule has 2 atom stereocenters. The zero-order valence-electron chi connectivity index (χ0n) is 12.2. The average Bonchev–Trinajstić information content (AvgIpc) is 2.85. The van der Waals surface area contributed by atoms with E-state index in [1.807, 2.05) is 17.9 Å². The molecule has 1 aromatic heterocycles. The van der Waals surface area contributed by atoms with Gasteiger partial charge in [-0.1, -0.05) is 30.3 Å². The minimum absolute atomic E-state index is 0.425. The van der Waals surface area contributed by atoms with Gasteiger partial charge >= 0.3 is 0 Å². The molecule has 1 N–H and O–H groups in total. The first-order chi connectivity index (χ1) is 9.72. The second kappa shape index (κ2) is 5.77. The van der Waals surface area contributed by atoms with Crippen LogP contribution in [0, 0.1) is 0 Å². The molecule has 106 valence electrons. The van der Waals surface area contributed by atoms with Gasteiger partial charge in [0.05, 0.1) is 5.69 Å². The SMILES string of the molecule is CC1CN(Cc2ccn(C)n2)C(c2ccccc2)CN1. The fraction of sp³-hybridized carbons (Fsp3) is 0.438. The van der Waals surface area contributed by atoms with Crippen molar-refractivity contribution in [3.63, 3.8) is 0 Å². The van der Waals surface area contributed by atoms with Crippen molar-refractivity contribution in [3.05, 3.63) is 53.9 Å². The Morgan fingerprint density at radius 3 is 2.75 bits per heavy atom. The van der Waals surface area contributed by atoms with Crippen LogP contribution in [0.2, 0.25) is 0 Å². The predicted molar refractivity (Wildman–Crippen MR) is 80.3 cm³/mol. The lowest BCUT2D eigenvalue weighted by atomic mass is 10.0. The largest absolute Gasteiger partial charge is 0.311 e. The van der Waals surface area contributed by atoms with Crippen LogP contribution in [0.25, 0.3) is 0 Å². The highest BCUT2D eigenvalue weighted by atomic mass is 15.3. The van der Waals surface area contributed by atoms with Crippen LogP contribution < -0.4 is 5.32 Å². The van der Waals surface area contributed by atoms with Crippen LogP contribution in [0.3, 0.4) is 0 Å². The lowest BCUT2D eigenvalue weighted by Gasteiger charge is -2.39. The van der Waals surface area contributed by atoms with Gasteiger partial charge in [0.1, 0.15) is 0 Å². The van der Waals surface area contributed by atoms with Crippen LogP contribution in [0.4, 0.5) is 0 Å². The minimum Gasteiger partial charge on any atom is -0.311 e. The average molecular weight is 270 g/mol. The lowest BCUT2D eigenvalue weighted by Crippen LogP contribution is -2.50. The Balaban J connectivity index is 1.80. The number of hydrogen-bond acceptors (Lipinski definition) is 3. The van der Waals surface area contributed by atoms with E-state index in [9.17, 15) is 0 Å². The molecule has 1 aromatic carbocycles. The molecule has 0 bridgehead atoms. The first kappa shape index (κ1) is 13.3. The number of aryl methyl sites for hydroxylation is 1. The van der Waals surface area contributed by atoms with E-state index in [-0.39, 0.29) is 0 Å². The molecule has 0 aliphatic carbocycles. The second-order valence-corrected chi connectivity index (χ2v) is 5.65. The van der Waals surface area contributed by atoms with Crippen molar-refractivity contribution in [1.82, 2.24) is 20.0 Å².